The molecule has 2 bridgehead atoms. The smallest absolute Gasteiger partial charge is 0.323 e. The van der Waals surface area contributed by atoms with E-state index in [0.29, 0.717) is 12.8 Å². The first-order valence-corrected chi connectivity index (χ1v) is 12.3. The molecule has 2 amide bonds. The number of amides is 2. The average molecular weight is 482 g/mol. The lowest BCUT2D eigenvalue weighted by Crippen LogP contribution is -2.44. The molecule has 2 fully saturated rings. The summed E-state index contributed by atoms with van der Waals surface area (Å²) in [7, 11) is -1.92. The van der Waals surface area contributed by atoms with Gasteiger partial charge in [0.15, 0.2) is 15.6 Å². The Labute approximate surface area is 191 Å². The zero-order valence-electron chi connectivity index (χ0n) is 17.7. The van der Waals surface area contributed by atoms with Crippen molar-refractivity contribution in [3.8, 4) is 5.75 Å². The molecule has 2 saturated heterocycles. The number of nitrogens with one attached hydrogen (secondary N) is 2. The first kappa shape index (κ1) is 22.8. The van der Waals surface area contributed by atoms with Crippen molar-refractivity contribution >= 4 is 38.8 Å². The summed E-state index contributed by atoms with van der Waals surface area (Å²) in [4.78, 5) is 14.3. The van der Waals surface area contributed by atoms with E-state index in [4.69, 9.17) is 11.6 Å². The number of sulfone groups is 1. The number of benzene rings is 2. The van der Waals surface area contributed by atoms with Gasteiger partial charge in [0.25, 0.3) is 0 Å². The molecule has 0 spiro atoms. The lowest BCUT2D eigenvalue weighted by Gasteiger charge is -2.36. The third-order valence-electron chi connectivity index (χ3n) is 6.63. The summed E-state index contributed by atoms with van der Waals surface area (Å²) >= 11 is 6.21. The number of anilines is 2. The van der Waals surface area contributed by atoms with E-state index in [-0.39, 0.29) is 38.9 Å². The van der Waals surface area contributed by atoms with Crippen molar-refractivity contribution in [3.05, 3.63) is 46.7 Å². The van der Waals surface area contributed by atoms with Crippen molar-refractivity contribution in [2.45, 2.75) is 54.8 Å². The Kier molecular flexibility index (Phi) is 6.08. The standard InChI is InChI=1S/C22H25ClFN3O4S/c1-12-17(24)4-3-5-18(12)25-22(29)26-19-9-8-16(23)21(20(19)28)32(30,31)15-10-13-6-7-14(11-15)27(13)2/h3-5,8-9,13-15,28H,6-7,10-11H2,1-2H3,(H2,25,26,29). The summed E-state index contributed by atoms with van der Waals surface area (Å²) < 4.78 is 40.6. The first-order chi connectivity index (χ1) is 15.1. The molecule has 2 unspecified atom stereocenters. The number of carbonyl (C=O) groups excluding carboxylic acids is 1. The van der Waals surface area contributed by atoms with Gasteiger partial charge in [-0.2, -0.15) is 0 Å². The molecule has 4 rings (SSSR count). The Balaban J connectivity index is 1.59. The van der Waals surface area contributed by atoms with Gasteiger partial charge in [-0.3, -0.25) is 0 Å². The second-order valence-corrected chi connectivity index (χ2v) is 11.0. The third kappa shape index (κ3) is 4.04. The van der Waals surface area contributed by atoms with E-state index < -0.39 is 32.7 Å². The van der Waals surface area contributed by atoms with Gasteiger partial charge < -0.3 is 20.6 Å². The summed E-state index contributed by atoms with van der Waals surface area (Å²) in [6, 6.07) is 6.55. The molecule has 0 radical (unpaired) electrons. The van der Waals surface area contributed by atoms with Crippen LogP contribution in [0.2, 0.25) is 5.02 Å². The number of halogens is 2. The van der Waals surface area contributed by atoms with Crippen molar-refractivity contribution in [1.29, 1.82) is 0 Å². The number of nitrogens with zero attached hydrogens (tertiary/aromatic N) is 1. The van der Waals surface area contributed by atoms with Crippen LogP contribution in [-0.4, -0.2) is 48.8 Å². The summed E-state index contributed by atoms with van der Waals surface area (Å²) in [5, 5.41) is 15.0. The van der Waals surface area contributed by atoms with Gasteiger partial charge in [0.05, 0.1) is 16.0 Å². The van der Waals surface area contributed by atoms with Crippen LogP contribution < -0.4 is 10.6 Å². The van der Waals surface area contributed by atoms with Crippen molar-refractivity contribution in [3.63, 3.8) is 0 Å². The minimum atomic E-state index is -3.93. The van der Waals surface area contributed by atoms with Crippen LogP contribution in [0.25, 0.3) is 0 Å². The second-order valence-electron chi connectivity index (χ2n) is 8.45. The van der Waals surface area contributed by atoms with Crippen molar-refractivity contribution < 1.29 is 22.7 Å². The number of hydrogen-bond acceptors (Lipinski definition) is 5. The molecular weight excluding hydrogens is 457 g/mol. The SMILES string of the molecule is Cc1c(F)cccc1NC(=O)Nc1ccc(Cl)c(S(=O)(=O)C2CC3CCC(C2)N3C)c1O. The fourth-order valence-corrected chi connectivity index (χ4v) is 7.20. The Morgan fingerprint density at radius 3 is 2.41 bits per heavy atom. The molecule has 2 heterocycles. The predicted octanol–water partition coefficient (Wildman–Crippen LogP) is 4.54. The molecule has 2 aliphatic rings. The number of carbonyl (C=O) groups is 1. The zero-order valence-corrected chi connectivity index (χ0v) is 19.3. The summed E-state index contributed by atoms with van der Waals surface area (Å²) in [5.41, 5.74) is 0.407. The topological polar surface area (TPSA) is 98.7 Å². The monoisotopic (exact) mass is 481 g/mol. The fraction of sp³-hybridized carbons (Fsp3) is 0.409. The summed E-state index contributed by atoms with van der Waals surface area (Å²) in [6.07, 6.45) is 2.85. The van der Waals surface area contributed by atoms with Crippen molar-refractivity contribution in [2.75, 3.05) is 17.7 Å². The fourth-order valence-electron chi connectivity index (χ4n) is 4.72. The highest BCUT2D eigenvalue weighted by Gasteiger charge is 2.45. The van der Waals surface area contributed by atoms with E-state index in [1.54, 1.807) is 0 Å². The highest BCUT2D eigenvalue weighted by Crippen LogP contribution is 2.44. The molecule has 2 atom stereocenters. The highest BCUT2D eigenvalue weighted by molar-refractivity contribution is 7.92. The molecule has 172 valence electrons. The van der Waals surface area contributed by atoms with Crippen LogP contribution in [0.15, 0.2) is 35.2 Å². The normalized spacial score (nSPS) is 23.2. The Morgan fingerprint density at radius 2 is 1.75 bits per heavy atom. The molecule has 2 aromatic carbocycles. The van der Waals surface area contributed by atoms with E-state index in [0.717, 1.165) is 12.8 Å². The Hall–Kier alpha value is -2.36. The minimum Gasteiger partial charge on any atom is -0.504 e. The average Bonchev–Trinajstić information content (AvgIpc) is 2.93. The summed E-state index contributed by atoms with van der Waals surface area (Å²) in [5.74, 6) is -1.08. The zero-order chi connectivity index (χ0) is 23.2. The van der Waals surface area contributed by atoms with Crippen LogP contribution >= 0.6 is 11.6 Å². The minimum absolute atomic E-state index is 0.0966. The molecule has 0 saturated carbocycles. The number of rotatable bonds is 4. The number of phenolic OH excluding ortho intramolecular Hbond substituents is 1. The van der Waals surface area contributed by atoms with Crippen LogP contribution in [0.3, 0.4) is 0 Å². The van der Waals surface area contributed by atoms with Crippen LogP contribution in [0.1, 0.15) is 31.2 Å². The molecule has 10 heteroatoms. The maximum Gasteiger partial charge on any atom is 0.323 e. The number of aromatic hydroxyl groups is 1. The molecule has 2 aromatic rings. The van der Waals surface area contributed by atoms with Crippen LogP contribution in [-0.2, 0) is 9.84 Å². The van der Waals surface area contributed by atoms with Crippen LogP contribution in [0.4, 0.5) is 20.6 Å². The number of urea groups is 1. The van der Waals surface area contributed by atoms with Gasteiger partial charge in [-0.15, -0.1) is 0 Å². The van der Waals surface area contributed by atoms with Crippen LogP contribution in [0.5, 0.6) is 5.75 Å². The first-order valence-electron chi connectivity index (χ1n) is 10.4. The van der Waals surface area contributed by atoms with Gasteiger partial charge >= 0.3 is 6.03 Å². The number of phenols is 1. The van der Waals surface area contributed by atoms with E-state index in [9.17, 15) is 22.7 Å². The highest BCUT2D eigenvalue weighted by atomic mass is 35.5. The summed E-state index contributed by atoms with van der Waals surface area (Å²) in [6.45, 7) is 1.52. The lowest BCUT2D eigenvalue weighted by atomic mass is 10.0. The molecule has 0 aromatic heterocycles. The van der Waals surface area contributed by atoms with Gasteiger partial charge in [-0.1, -0.05) is 17.7 Å². The number of piperidine rings is 1. The van der Waals surface area contributed by atoms with Crippen LogP contribution in [0, 0.1) is 12.7 Å². The largest absolute Gasteiger partial charge is 0.504 e. The molecule has 7 nitrogen and oxygen atoms in total. The molecule has 32 heavy (non-hydrogen) atoms. The molecule has 2 aliphatic heterocycles. The van der Waals surface area contributed by atoms with Gasteiger partial charge in [0.2, 0.25) is 0 Å². The lowest BCUT2D eigenvalue weighted by molar-refractivity contribution is 0.180. The molecular formula is C22H25ClFN3O4S. The Bertz CT molecular complexity index is 1160. The third-order valence-corrected chi connectivity index (χ3v) is 9.30. The van der Waals surface area contributed by atoms with E-state index in [1.807, 2.05) is 7.05 Å². The quantitative estimate of drug-likeness (QED) is 0.557. The maximum absolute atomic E-state index is 13.7. The van der Waals surface area contributed by atoms with Crippen molar-refractivity contribution in [1.82, 2.24) is 4.90 Å². The van der Waals surface area contributed by atoms with Crippen molar-refractivity contribution in [2.24, 2.45) is 0 Å². The molecule has 3 N–H and O–H groups in total. The van der Waals surface area contributed by atoms with E-state index in [2.05, 4.69) is 15.5 Å². The van der Waals surface area contributed by atoms with E-state index >= 15 is 0 Å². The maximum atomic E-state index is 13.7. The number of hydrogen-bond donors (Lipinski definition) is 3. The molecule has 0 aliphatic carbocycles. The van der Waals surface area contributed by atoms with Gasteiger partial charge in [-0.05, 0) is 63.9 Å². The van der Waals surface area contributed by atoms with Gasteiger partial charge in [-0.25, -0.2) is 17.6 Å². The van der Waals surface area contributed by atoms with E-state index in [1.165, 1.54) is 37.3 Å². The Morgan fingerprint density at radius 1 is 1.12 bits per heavy atom. The number of fused-ring (bicyclic) bond motifs is 2. The second kappa shape index (κ2) is 8.53. The van der Waals surface area contributed by atoms with Gasteiger partial charge in [0.1, 0.15) is 10.7 Å². The predicted molar refractivity (Wildman–Crippen MR) is 122 cm³/mol. The van der Waals surface area contributed by atoms with Gasteiger partial charge in [0, 0.05) is 23.3 Å².